The summed E-state index contributed by atoms with van der Waals surface area (Å²) in [7, 11) is -0.238. The molecule has 1 fully saturated rings. The van der Waals surface area contributed by atoms with Gasteiger partial charge in [-0.3, -0.25) is 0 Å². The molecule has 1 aromatic carbocycles. The summed E-state index contributed by atoms with van der Waals surface area (Å²) < 4.78 is 12.4. The maximum absolute atomic E-state index is 6.20. The van der Waals surface area contributed by atoms with Crippen molar-refractivity contribution in [3.05, 3.63) is 29.3 Å². The van der Waals surface area contributed by atoms with E-state index in [-0.39, 0.29) is 18.3 Å². The summed E-state index contributed by atoms with van der Waals surface area (Å²) >= 11 is 0. The highest BCUT2D eigenvalue weighted by Crippen LogP contribution is 2.36. The maximum Gasteiger partial charge on any atom is 0.494 e. The van der Waals surface area contributed by atoms with Crippen molar-refractivity contribution in [2.45, 2.75) is 77.9 Å². The molecule has 2 nitrogen and oxygen atoms in total. The first-order valence-electron chi connectivity index (χ1n) is 8.76. The number of hydrogen-bond acceptors (Lipinski definition) is 2. The predicted molar refractivity (Wildman–Crippen MR) is 92.6 cm³/mol. The molecule has 120 valence electrons. The molecule has 1 aliphatic heterocycles. The summed E-state index contributed by atoms with van der Waals surface area (Å²) in [6.07, 6.45) is 6.36. The van der Waals surface area contributed by atoms with Crippen molar-refractivity contribution in [2.24, 2.45) is 5.92 Å². The van der Waals surface area contributed by atoms with Crippen molar-refractivity contribution < 1.29 is 9.31 Å². The first-order valence-corrected chi connectivity index (χ1v) is 8.76. The van der Waals surface area contributed by atoms with Gasteiger partial charge in [-0.25, -0.2) is 0 Å². The average Bonchev–Trinajstić information content (AvgIpc) is 2.63. The van der Waals surface area contributed by atoms with Gasteiger partial charge in [-0.1, -0.05) is 31.5 Å². The smallest absolute Gasteiger partial charge is 0.399 e. The molecular formula is C19H29BO2. The van der Waals surface area contributed by atoms with Crippen LogP contribution in [0.1, 0.15) is 65.0 Å². The lowest BCUT2D eigenvalue weighted by Crippen LogP contribution is -2.41. The zero-order valence-electron chi connectivity index (χ0n) is 14.7. The highest BCUT2D eigenvalue weighted by atomic mass is 16.7. The minimum Gasteiger partial charge on any atom is -0.399 e. The second-order valence-electron chi connectivity index (χ2n) is 8.15. The quantitative estimate of drug-likeness (QED) is 0.733. The first-order chi connectivity index (χ1) is 10.3. The number of fused-ring (bicyclic) bond motifs is 1. The van der Waals surface area contributed by atoms with E-state index in [1.165, 1.54) is 48.7 Å². The fourth-order valence-corrected chi connectivity index (χ4v) is 3.44. The third-order valence-electron chi connectivity index (χ3n) is 5.81. The van der Waals surface area contributed by atoms with Gasteiger partial charge < -0.3 is 9.31 Å². The summed E-state index contributed by atoms with van der Waals surface area (Å²) in [5.41, 5.74) is 3.66. The second kappa shape index (κ2) is 5.69. The highest BCUT2D eigenvalue weighted by Gasteiger charge is 2.51. The van der Waals surface area contributed by atoms with Crippen LogP contribution >= 0.6 is 0 Å². The molecule has 1 atom stereocenters. The minimum atomic E-state index is -0.267. The summed E-state index contributed by atoms with van der Waals surface area (Å²) in [6, 6.07) is 6.83. The van der Waals surface area contributed by atoms with Gasteiger partial charge in [0.2, 0.25) is 0 Å². The van der Waals surface area contributed by atoms with E-state index in [4.69, 9.17) is 9.31 Å². The van der Waals surface area contributed by atoms with Crippen molar-refractivity contribution in [3.8, 4) is 0 Å². The van der Waals surface area contributed by atoms with E-state index >= 15 is 0 Å². The Morgan fingerprint density at radius 2 is 1.64 bits per heavy atom. The molecular weight excluding hydrogens is 271 g/mol. The van der Waals surface area contributed by atoms with Crippen LogP contribution in [0, 0.1) is 5.92 Å². The zero-order chi connectivity index (χ0) is 16.0. The Hall–Kier alpha value is -0.795. The van der Waals surface area contributed by atoms with Crippen molar-refractivity contribution in [3.63, 3.8) is 0 Å². The third-order valence-corrected chi connectivity index (χ3v) is 5.81. The fourth-order valence-electron chi connectivity index (χ4n) is 3.44. The molecule has 1 aliphatic carbocycles. The number of hydrogen-bond donors (Lipinski definition) is 0. The summed E-state index contributed by atoms with van der Waals surface area (Å²) in [6.45, 7) is 10.8. The molecule has 0 aromatic heterocycles. The Kier molecular flexibility index (Phi) is 4.15. The van der Waals surface area contributed by atoms with Gasteiger partial charge in [-0.05, 0) is 75.9 Å². The SMILES string of the molecule is CC1CCCc2ccc(B3OC(C)(C)C(C)(C)O3)cc2CC1. The van der Waals surface area contributed by atoms with Gasteiger partial charge in [0.1, 0.15) is 0 Å². The number of aryl methyl sites for hydroxylation is 2. The van der Waals surface area contributed by atoms with Gasteiger partial charge in [0, 0.05) is 0 Å². The zero-order valence-corrected chi connectivity index (χ0v) is 14.7. The largest absolute Gasteiger partial charge is 0.494 e. The molecule has 0 saturated carbocycles. The molecule has 0 radical (unpaired) electrons. The molecule has 0 bridgehead atoms. The molecule has 2 aliphatic rings. The van der Waals surface area contributed by atoms with E-state index in [9.17, 15) is 0 Å². The van der Waals surface area contributed by atoms with E-state index in [1.54, 1.807) is 0 Å². The van der Waals surface area contributed by atoms with Crippen LogP contribution in [-0.2, 0) is 22.2 Å². The normalized spacial score (nSPS) is 27.1. The Balaban J connectivity index is 1.85. The highest BCUT2D eigenvalue weighted by molar-refractivity contribution is 6.62. The molecule has 1 saturated heterocycles. The van der Waals surface area contributed by atoms with Crippen LogP contribution in [0.15, 0.2) is 18.2 Å². The van der Waals surface area contributed by atoms with Crippen molar-refractivity contribution in [2.75, 3.05) is 0 Å². The van der Waals surface area contributed by atoms with E-state index in [2.05, 4.69) is 52.8 Å². The average molecular weight is 300 g/mol. The van der Waals surface area contributed by atoms with Gasteiger partial charge in [-0.2, -0.15) is 0 Å². The van der Waals surface area contributed by atoms with E-state index in [1.807, 2.05) is 0 Å². The topological polar surface area (TPSA) is 18.5 Å². The Morgan fingerprint density at radius 1 is 0.955 bits per heavy atom. The lowest BCUT2D eigenvalue weighted by atomic mass is 9.76. The maximum atomic E-state index is 6.20. The van der Waals surface area contributed by atoms with Crippen LogP contribution in [0.3, 0.4) is 0 Å². The van der Waals surface area contributed by atoms with Crippen LogP contribution < -0.4 is 5.46 Å². The minimum absolute atomic E-state index is 0.238. The van der Waals surface area contributed by atoms with Gasteiger partial charge in [0.05, 0.1) is 11.2 Å². The van der Waals surface area contributed by atoms with Gasteiger partial charge in [0.15, 0.2) is 0 Å². The molecule has 3 heteroatoms. The summed E-state index contributed by atoms with van der Waals surface area (Å²) in [4.78, 5) is 0. The predicted octanol–water partition coefficient (Wildman–Crippen LogP) is 3.89. The van der Waals surface area contributed by atoms with Gasteiger partial charge >= 0.3 is 7.12 Å². The fraction of sp³-hybridized carbons (Fsp3) is 0.684. The Bertz CT molecular complexity index is 534. The van der Waals surface area contributed by atoms with Crippen LogP contribution in [-0.4, -0.2) is 18.3 Å². The Morgan fingerprint density at radius 3 is 2.32 bits per heavy atom. The lowest BCUT2D eigenvalue weighted by Gasteiger charge is -2.32. The van der Waals surface area contributed by atoms with Crippen molar-refractivity contribution in [1.82, 2.24) is 0 Å². The molecule has 0 amide bonds. The number of benzene rings is 1. The van der Waals surface area contributed by atoms with Crippen molar-refractivity contribution in [1.29, 1.82) is 0 Å². The molecule has 1 unspecified atom stereocenters. The first kappa shape index (κ1) is 16.1. The van der Waals surface area contributed by atoms with Crippen molar-refractivity contribution >= 4 is 12.6 Å². The van der Waals surface area contributed by atoms with Gasteiger partial charge in [-0.15, -0.1) is 0 Å². The second-order valence-corrected chi connectivity index (χ2v) is 8.15. The lowest BCUT2D eigenvalue weighted by molar-refractivity contribution is 0.00578. The molecule has 1 heterocycles. The molecule has 3 rings (SSSR count). The Labute approximate surface area is 135 Å². The molecule has 1 aromatic rings. The third kappa shape index (κ3) is 2.98. The van der Waals surface area contributed by atoms with E-state index in [0.717, 1.165) is 5.92 Å². The van der Waals surface area contributed by atoms with Crippen LogP contribution in [0.5, 0.6) is 0 Å². The van der Waals surface area contributed by atoms with Gasteiger partial charge in [0.25, 0.3) is 0 Å². The van der Waals surface area contributed by atoms with Crippen LogP contribution in [0.4, 0.5) is 0 Å². The van der Waals surface area contributed by atoms with E-state index < -0.39 is 0 Å². The monoisotopic (exact) mass is 300 g/mol. The van der Waals surface area contributed by atoms with Crippen LogP contribution in [0.25, 0.3) is 0 Å². The summed E-state index contributed by atoms with van der Waals surface area (Å²) in [5, 5.41) is 0. The molecule has 0 N–H and O–H groups in total. The number of rotatable bonds is 1. The standard InChI is InChI=1S/C19H29BO2/c1-14-7-6-8-15-11-12-17(13-16(15)10-9-14)20-21-18(2,3)19(4,5)22-20/h11-14H,6-10H2,1-5H3. The molecule has 22 heavy (non-hydrogen) atoms. The van der Waals surface area contributed by atoms with E-state index in [0.29, 0.717) is 0 Å². The summed E-state index contributed by atoms with van der Waals surface area (Å²) in [5.74, 6) is 0.841. The van der Waals surface area contributed by atoms with Crippen LogP contribution in [0.2, 0.25) is 0 Å². The molecule has 0 spiro atoms.